The molecule has 0 unspecified atom stereocenters. The Hall–Kier alpha value is -2.81. The highest BCUT2D eigenvalue weighted by atomic mass is 35.5. The van der Waals surface area contributed by atoms with Gasteiger partial charge in [-0.2, -0.15) is 5.26 Å². The fourth-order valence-electron chi connectivity index (χ4n) is 3.51. The molecule has 0 spiro atoms. The van der Waals surface area contributed by atoms with E-state index in [9.17, 15) is 10.4 Å². The molecule has 1 aliphatic heterocycles. The van der Waals surface area contributed by atoms with Crippen molar-refractivity contribution in [1.82, 2.24) is 9.55 Å². The van der Waals surface area contributed by atoms with E-state index in [1.165, 1.54) is 0 Å². The van der Waals surface area contributed by atoms with E-state index >= 15 is 0 Å². The van der Waals surface area contributed by atoms with Gasteiger partial charge in [0.2, 0.25) is 0 Å². The van der Waals surface area contributed by atoms with Crippen LogP contribution in [0.3, 0.4) is 0 Å². The molecule has 5 nitrogen and oxygen atoms in total. The highest BCUT2D eigenvalue weighted by Gasteiger charge is 2.44. The number of halogens is 1. The van der Waals surface area contributed by atoms with Crippen molar-refractivity contribution in [3.05, 3.63) is 71.1 Å². The number of fused-ring (bicyclic) bond motifs is 1. The zero-order chi connectivity index (χ0) is 19.2. The van der Waals surface area contributed by atoms with Gasteiger partial charge in [0.15, 0.2) is 0 Å². The maximum Gasteiger partial charge on any atom is 0.132 e. The molecule has 0 fully saturated rings. The predicted octanol–water partition coefficient (Wildman–Crippen LogP) is 4.20. The quantitative estimate of drug-likeness (QED) is 0.724. The summed E-state index contributed by atoms with van der Waals surface area (Å²) in [7, 11) is 0. The third-order valence-electron chi connectivity index (χ3n) is 4.95. The number of aliphatic hydroxyl groups is 1. The summed E-state index contributed by atoms with van der Waals surface area (Å²) in [4.78, 5) is 4.31. The Morgan fingerprint density at radius 1 is 1.22 bits per heavy atom. The summed E-state index contributed by atoms with van der Waals surface area (Å²) < 4.78 is 7.94. The first-order valence-electron chi connectivity index (χ1n) is 8.59. The predicted molar refractivity (Wildman–Crippen MR) is 103 cm³/mol. The molecule has 27 heavy (non-hydrogen) atoms. The molecule has 0 saturated heterocycles. The SMILES string of the molecule is CC1(C)Oc2ccc(C#N)cc2[C@@H](n2cncc2-c2ccc(Cl)cc2)[C@@H]1O. The van der Waals surface area contributed by atoms with E-state index in [1.807, 2.05) is 42.7 Å². The van der Waals surface area contributed by atoms with Crippen LogP contribution in [0.1, 0.15) is 31.0 Å². The van der Waals surface area contributed by atoms with Crippen molar-refractivity contribution in [3.8, 4) is 23.1 Å². The molecule has 2 atom stereocenters. The minimum absolute atomic E-state index is 0.440. The molecular formula is C21H18ClN3O2. The van der Waals surface area contributed by atoms with Crippen molar-refractivity contribution < 1.29 is 9.84 Å². The van der Waals surface area contributed by atoms with Crippen molar-refractivity contribution in [1.29, 1.82) is 5.26 Å². The van der Waals surface area contributed by atoms with Gasteiger partial charge in [-0.05, 0) is 49.7 Å². The lowest BCUT2D eigenvalue weighted by Gasteiger charge is -2.43. The lowest BCUT2D eigenvalue weighted by atomic mass is 9.85. The summed E-state index contributed by atoms with van der Waals surface area (Å²) in [6.45, 7) is 3.70. The summed E-state index contributed by atoms with van der Waals surface area (Å²) in [5.74, 6) is 0.657. The van der Waals surface area contributed by atoms with E-state index in [4.69, 9.17) is 16.3 Å². The number of hydrogen-bond acceptors (Lipinski definition) is 4. The Morgan fingerprint density at radius 3 is 2.67 bits per heavy atom. The summed E-state index contributed by atoms with van der Waals surface area (Å²) in [5.41, 5.74) is 2.26. The van der Waals surface area contributed by atoms with Crippen molar-refractivity contribution >= 4 is 11.6 Å². The second-order valence-corrected chi connectivity index (χ2v) is 7.59. The van der Waals surface area contributed by atoms with Crippen molar-refractivity contribution in [2.24, 2.45) is 0 Å². The lowest BCUT2D eigenvalue weighted by molar-refractivity contribution is -0.0634. The standard InChI is InChI=1S/C21H18ClN3O2/c1-21(2)20(26)19(16-9-13(10-23)3-8-18(16)27-21)25-12-24-11-17(25)14-4-6-15(22)7-5-14/h3-9,11-12,19-20,26H,1-2H3/t19-,20+/m1/s1. The molecule has 0 radical (unpaired) electrons. The second-order valence-electron chi connectivity index (χ2n) is 7.15. The molecule has 0 bridgehead atoms. The number of rotatable bonds is 2. The topological polar surface area (TPSA) is 71.1 Å². The second kappa shape index (κ2) is 6.41. The molecule has 2 aromatic carbocycles. The number of benzene rings is 2. The molecule has 136 valence electrons. The number of aromatic nitrogens is 2. The minimum atomic E-state index is -0.834. The summed E-state index contributed by atoms with van der Waals surface area (Å²) >= 11 is 6.01. The van der Waals surface area contributed by atoms with Gasteiger partial charge in [0.25, 0.3) is 0 Å². The van der Waals surface area contributed by atoms with E-state index < -0.39 is 17.7 Å². The fourth-order valence-corrected chi connectivity index (χ4v) is 3.63. The van der Waals surface area contributed by atoms with E-state index in [-0.39, 0.29) is 0 Å². The Labute approximate surface area is 162 Å². The van der Waals surface area contributed by atoms with Crippen LogP contribution in [-0.2, 0) is 0 Å². The smallest absolute Gasteiger partial charge is 0.132 e. The maximum absolute atomic E-state index is 11.1. The van der Waals surface area contributed by atoms with Crippen LogP contribution < -0.4 is 4.74 Å². The molecule has 0 amide bonds. The number of hydrogen-bond donors (Lipinski definition) is 1. The van der Waals surface area contributed by atoms with Crippen molar-refractivity contribution in [2.45, 2.75) is 31.6 Å². The molecule has 4 rings (SSSR count). The molecule has 1 aromatic heterocycles. The zero-order valence-corrected chi connectivity index (χ0v) is 15.7. The van der Waals surface area contributed by atoms with Gasteiger partial charge in [-0.15, -0.1) is 0 Å². The normalized spacial score (nSPS) is 20.4. The molecule has 1 aliphatic rings. The Kier molecular flexibility index (Phi) is 4.18. The number of ether oxygens (including phenoxy) is 1. The maximum atomic E-state index is 11.1. The van der Waals surface area contributed by atoms with Gasteiger partial charge in [0, 0.05) is 10.6 Å². The Morgan fingerprint density at radius 2 is 1.96 bits per heavy atom. The molecule has 2 heterocycles. The van der Waals surface area contributed by atoms with Crippen LogP contribution in [0.5, 0.6) is 5.75 Å². The van der Waals surface area contributed by atoms with Crippen molar-refractivity contribution in [3.63, 3.8) is 0 Å². The third-order valence-corrected chi connectivity index (χ3v) is 5.20. The molecular weight excluding hydrogens is 362 g/mol. The molecule has 6 heteroatoms. The lowest BCUT2D eigenvalue weighted by Crippen LogP contribution is -2.50. The summed E-state index contributed by atoms with van der Waals surface area (Å²) in [6.07, 6.45) is 2.62. The van der Waals surface area contributed by atoms with Crippen LogP contribution in [-0.4, -0.2) is 26.4 Å². The average Bonchev–Trinajstić information content (AvgIpc) is 3.12. The van der Waals surface area contributed by atoms with Gasteiger partial charge < -0.3 is 14.4 Å². The van der Waals surface area contributed by atoms with Crippen molar-refractivity contribution in [2.75, 3.05) is 0 Å². The van der Waals surface area contributed by atoms with Crippen LogP contribution in [0.4, 0.5) is 0 Å². The van der Waals surface area contributed by atoms with Gasteiger partial charge in [-0.25, -0.2) is 4.98 Å². The van der Waals surface area contributed by atoms with E-state index in [0.717, 1.165) is 16.8 Å². The summed E-state index contributed by atoms with van der Waals surface area (Å²) in [5, 5.41) is 21.1. The number of nitriles is 1. The first-order valence-corrected chi connectivity index (χ1v) is 8.97. The largest absolute Gasteiger partial charge is 0.485 e. The number of aliphatic hydroxyl groups excluding tert-OH is 1. The third kappa shape index (κ3) is 2.97. The highest BCUT2D eigenvalue weighted by molar-refractivity contribution is 6.30. The first-order chi connectivity index (χ1) is 12.9. The number of imidazole rings is 1. The van der Waals surface area contributed by atoms with Crippen LogP contribution in [0, 0.1) is 11.3 Å². The summed E-state index contributed by atoms with van der Waals surface area (Å²) in [6, 6.07) is 14.5. The van der Waals surface area contributed by atoms with Gasteiger partial charge >= 0.3 is 0 Å². The van der Waals surface area contributed by atoms with Gasteiger partial charge in [0.05, 0.1) is 35.9 Å². The zero-order valence-electron chi connectivity index (χ0n) is 14.9. The number of nitrogens with zero attached hydrogens (tertiary/aromatic N) is 3. The monoisotopic (exact) mass is 379 g/mol. The highest BCUT2D eigenvalue weighted by Crippen LogP contribution is 2.43. The van der Waals surface area contributed by atoms with Gasteiger partial charge in [-0.3, -0.25) is 0 Å². The van der Waals surface area contributed by atoms with Crippen LogP contribution in [0.25, 0.3) is 11.3 Å². The van der Waals surface area contributed by atoms with Gasteiger partial charge in [-0.1, -0.05) is 23.7 Å². The Balaban J connectivity index is 1.90. The van der Waals surface area contributed by atoms with Crippen LogP contribution in [0.15, 0.2) is 55.0 Å². The molecule has 0 saturated carbocycles. The van der Waals surface area contributed by atoms with Gasteiger partial charge in [0.1, 0.15) is 17.5 Å². The van der Waals surface area contributed by atoms with E-state index in [2.05, 4.69) is 11.1 Å². The molecule has 1 N–H and O–H groups in total. The molecule has 0 aliphatic carbocycles. The van der Waals surface area contributed by atoms with E-state index in [0.29, 0.717) is 16.3 Å². The molecule has 3 aromatic rings. The fraction of sp³-hybridized carbons (Fsp3) is 0.238. The average molecular weight is 380 g/mol. The van der Waals surface area contributed by atoms with Crippen LogP contribution >= 0.6 is 11.6 Å². The Bertz CT molecular complexity index is 1030. The first kappa shape index (κ1) is 17.6. The van der Waals surface area contributed by atoms with Crippen LogP contribution in [0.2, 0.25) is 5.02 Å². The van der Waals surface area contributed by atoms with E-state index in [1.54, 1.807) is 30.7 Å². The minimum Gasteiger partial charge on any atom is -0.485 e.